The lowest BCUT2D eigenvalue weighted by Crippen LogP contribution is -2.66. The fourth-order valence-corrected chi connectivity index (χ4v) is 7.24. The number of ether oxygens (including phenoxy) is 2. The van der Waals surface area contributed by atoms with Crippen LogP contribution < -0.4 is 4.90 Å². The van der Waals surface area contributed by atoms with Crippen LogP contribution in [0.1, 0.15) is 32.3 Å². The third-order valence-corrected chi connectivity index (χ3v) is 8.03. The van der Waals surface area contributed by atoms with Gasteiger partial charge in [0.25, 0.3) is 0 Å². The number of fused-ring (bicyclic) bond motifs is 2. The van der Waals surface area contributed by atoms with Crippen molar-refractivity contribution in [3.8, 4) is 0 Å². The maximum atomic E-state index is 13.0. The lowest BCUT2D eigenvalue weighted by atomic mass is 9.55. The molecule has 152 valence electrons. The van der Waals surface area contributed by atoms with Crippen LogP contribution in [0.3, 0.4) is 0 Å². The van der Waals surface area contributed by atoms with Gasteiger partial charge >= 0.3 is 5.97 Å². The number of nitrogens with zero attached hydrogens (tertiary/aromatic N) is 2. The molecule has 2 saturated heterocycles. The Morgan fingerprint density at radius 2 is 2.07 bits per heavy atom. The first-order valence-electron chi connectivity index (χ1n) is 10.6. The molecule has 3 fully saturated rings. The number of para-hydroxylation sites is 1. The van der Waals surface area contributed by atoms with Crippen LogP contribution in [0.5, 0.6) is 0 Å². The number of benzene rings is 1. The summed E-state index contributed by atoms with van der Waals surface area (Å²) in [7, 11) is 0. The van der Waals surface area contributed by atoms with Crippen molar-refractivity contribution in [2.45, 2.75) is 50.5 Å². The van der Waals surface area contributed by atoms with E-state index in [0.29, 0.717) is 12.6 Å². The second-order valence-electron chi connectivity index (χ2n) is 9.14. The maximum absolute atomic E-state index is 13.0. The van der Waals surface area contributed by atoms with E-state index in [2.05, 4.69) is 29.2 Å². The maximum Gasteiger partial charge on any atom is 0.304 e. The molecule has 0 radical (unpaired) electrons. The monoisotopic (exact) mass is 394 g/mol. The van der Waals surface area contributed by atoms with Crippen LogP contribution in [0.4, 0.5) is 5.69 Å². The molecule has 0 aromatic heterocycles. The lowest BCUT2D eigenvalue weighted by molar-refractivity contribution is -0.197. The number of esters is 1. The van der Waals surface area contributed by atoms with Crippen LogP contribution in [0, 0.1) is 11.8 Å². The summed E-state index contributed by atoms with van der Waals surface area (Å²) in [5.41, 5.74) is 3.57. The lowest BCUT2D eigenvalue weighted by Gasteiger charge is -2.56. The highest BCUT2D eigenvalue weighted by Crippen LogP contribution is 2.64. The van der Waals surface area contributed by atoms with Crippen LogP contribution in [0.15, 0.2) is 35.9 Å². The molecule has 6 nitrogen and oxygen atoms in total. The molecule has 1 saturated carbocycles. The molecule has 6 heteroatoms. The fraction of sp³-hybridized carbons (Fsp3) is 0.565. The van der Waals surface area contributed by atoms with Crippen LogP contribution in [0.2, 0.25) is 0 Å². The summed E-state index contributed by atoms with van der Waals surface area (Å²) in [6, 6.07) is 8.74. The molecule has 29 heavy (non-hydrogen) atoms. The zero-order chi connectivity index (χ0) is 19.9. The molecule has 4 aliphatic heterocycles. The van der Waals surface area contributed by atoms with E-state index in [0.717, 1.165) is 31.6 Å². The Balaban J connectivity index is 1.60. The van der Waals surface area contributed by atoms with Crippen molar-refractivity contribution < 1.29 is 19.1 Å². The van der Waals surface area contributed by atoms with Gasteiger partial charge in [-0.3, -0.25) is 14.5 Å². The molecule has 1 spiro atoms. The molecule has 5 aliphatic rings. The predicted molar refractivity (Wildman–Crippen MR) is 106 cm³/mol. The average Bonchev–Trinajstić information content (AvgIpc) is 3.15. The molecular weight excluding hydrogens is 368 g/mol. The SMILES string of the molecule is CC(=O)O[C@@H]1OCC=C2CN3CC[C@]45c6ccccc6N(C(C)=O)[C@H]4[C@H]1[C@H]2C[C@H]35. The number of anilines is 1. The van der Waals surface area contributed by atoms with Crippen LogP contribution in [0.25, 0.3) is 0 Å². The van der Waals surface area contributed by atoms with E-state index in [1.54, 1.807) is 6.92 Å². The van der Waals surface area contributed by atoms with Gasteiger partial charge in [0.15, 0.2) is 0 Å². The van der Waals surface area contributed by atoms with Gasteiger partial charge in [-0.25, -0.2) is 0 Å². The first-order chi connectivity index (χ1) is 14.0. The normalized spacial score (nSPS) is 39.3. The Morgan fingerprint density at radius 1 is 1.24 bits per heavy atom. The van der Waals surface area contributed by atoms with Crippen molar-refractivity contribution in [3.63, 3.8) is 0 Å². The number of hydrogen-bond acceptors (Lipinski definition) is 5. The highest BCUT2D eigenvalue weighted by molar-refractivity contribution is 5.96. The van der Waals surface area contributed by atoms with Crippen molar-refractivity contribution in [1.29, 1.82) is 0 Å². The average molecular weight is 394 g/mol. The Kier molecular flexibility index (Phi) is 3.61. The van der Waals surface area contributed by atoms with Crippen molar-refractivity contribution in [2.24, 2.45) is 11.8 Å². The van der Waals surface area contributed by atoms with Gasteiger partial charge in [-0.15, -0.1) is 0 Å². The molecular formula is C23H26N2O4. The molecule has 1 aromatic carbocycles. The second kappa shape index (κ2) is 5.92. The largest absolute Gasteiger partial charge is 0.436 e. The van der Waals surface area contributed by atoms with Gasteiger partial charge in [-0.2, -0.15) is 0 Å². The minimum Gasteiger partial charge on any atom is -0.436 e. The van der Waals surface area contributed by atoms with Gasteiger partial charge < -0.3 is 14.4 Å². The Hall–Kier alpha value is -2.18. The van der Waals surface area contributed by atoms with E-state index in [1.807, 2.05) is 11.0 Å². The summed E-state index contributed by atoms with van der Waals surface area (Å²) in [5.74, 6) is -0.0617. The Bertz CT molecular complexity index is 943. The number of carbonyl (C=O) groups is 2. The van der Waals surface area contributed by atoms with Gasteiger partial charge in [-0.1, -0.05) is 29.8 Å². The van der Waals surface area contributed by atoms with Gasteiger partial charge in [-0.05, 0) is 36.9 Å². The molecule has 2 bridgehead atoms. The van der Waals surface area contributed by atoms with Gasteiger partial charge in [0, 0.05) is 37.5 Å². The van der Waals surface area contributed by atoms with E-state index in [-0.39, 0.29) is 35.2 Å². The zero-order valence-corrected chi connectivity index (χ0v) is 16.8. The van der Waals surface area contributed by atoms with E-state index >= 15 is 0 Å². The highest BCUT2D eigenvalue weighted by atomic mass is 16.7. The molecule has 1 aliphatic carbocycles. The van der Waals surface area contributed by atoms with E-state index in [1.165, 1.54) is 18.1 Å². The minimum atomic E-state index is -0.627. The van der Waals surface area contributed by atoms with Crippen LogP contribution in [-0.2, 0) is 24.5 Å². The summed E-state index contributed by atoms with van der Waals surface area (Å²) in [6.07, 6.45) is 3.61. The van der Waals surface area contributed by atoms with E-state index in [9.17, 15) is 9.59 Å². The predicted octanol–water partition coefficient (Wildman–Crippen LogP) is 2.23. The van der Waals surface area contributed by atoms with Crippen molar-refractivity contribution in [3.05, 3.63) is 41.5 Å². The van der Waals surface area contributed by atoms with Crippen molar-refractivity contribution in [2.75, 3.05) is 24.6 Å². The molecule has 4 heterocycles. The Labute approximate surface area is 170 Å². The van der Waals surface area contributed by atoms with Gasteiger partial charge in [0.1, 0.15) is 0 Å². The number of hydrogen-bond donors (Lipinski definition) is 0. The Morgan fingerprint density at radius 3 is 2.86 bits per heavy atom. The summed E-state index contributed by atoms with van der Waals surface area (Å²) in [4.78, 5) is 29.5. The third kappa shape index (κ3) is 2.14. The fourth-order valence-electron chi connectivity index (χ4n) is 7.24. The van der Waals surface area contributed by atoms with Crippen molar-refractivity contribution in [1.82, 2.24) is 4.90 Å². The van der Waals surface area contributed by atoms with Gasteiger partial charge in [0.05, 0.1) is 18.6 Å². The van der Waals surface area contributed by atoms with E-state index < -0.39 is 6.29 Å². The topological polar surface area (TPSA) is 59.1 Å². The van der Waals surface area contributed by atoms with Crippen LogP contribution in [-0.4, -0.2) is 54.8 Å². The number of piperidine rings is 1. The molecule has 0 N–H and O–H groups in total. The molecule has 0 unspecified atom stereocenters. The minimum absolute atomic E-state index is 0.0501. The summed E-state index contributed by atoms with van der Waals surface area (Å²) in [6.45, 7) is 5.54. The van der Waals surface area contributed by atoms with Crippen molar-refractivity contribution >= 4 is 17.6 Å². The molecule has 6 atom stereocenters. The zero-order valence-electron chi connectivity index (χ0n) is 16.8. The number of rotatable bonds is 1. The van der Waals surface area contributed by atoms with E-state index in [4.69, 9.17) is 9.47 Å². The second-order valence-corrected chi connectivity index (χ2v) is 9.14. The molecule has 1 amide bonds. The first-order valence-corrected chi connectivity index (χ1v) is 10.6. The third-order valence-electron chi connectivity index (χ3n) is 8.03. The molecule has 6 rings (SSSR count). The quantitative estimate of drug-likeness (QED) is 0.540. The first kappa shape index (κ1) is 17.7. The summed E-state index contributed by atoms with van der Waals surface area (Å²) >= 11 is 0. The number of carbonyl (C=O) groups excluding carboxylic acids is 2. The molecule has 1 aromatic rings. The number of amides is 1. The summed E-state index contributed by atoms with van der Waals surface area (Å²) < 4.78 is 11.8. The summed E-state index contributed by atoms with van der Waals surface area (Å²) in [5, 5.41) is 0. The highest BCUT2D eigenvalue weighted by Gasteiger charge is 2.69. The smallest absolute Gasteiger partial charge is 0.304 e. The van der Waals surface area contributed by atoms with Gasteiger partial charge in [0.2, 0.25) is 12.2 Å². The standard InChI is InChI=1S/C23H26N2O4/c1-13(26)25-18-6-4-3-5-17(18)23-8-9-24-12-15-7-10-28-22(29-14(2)27)20(21(23)25)16(15)11-19(23)24/h3-7,16,19-22H,8-12H2,1-2H3/t16-,19-,20+,21-,22-,23+/m0/s1. The van der Waals surface area contributed by atoms with Crippen LogP contribution >= 0.6 is 0 Å².